The summed E-state index contributed by atoms with van der Waals surface area (Å²) in [4.78, 5) is 6.81. The van der Waals surface area contributed by atoms with Crippen molar-refractivity contribution in [2.45, 2.75) is 43.5 Å². The van der Waals surface area contributed by atoms with E-state index in [1.165, 1.54) is 31.7 Å². The molecule has 1 aliphatic heterocycles. The summed E-state index contributed by atoms with van der Waals surface area (Å²) in [6, 6.07) is 5.46. The van der Waals surface area contributed by atoms with Gasteiger partial charge in [-0.2, -0.15) is 8.75 Å². The molecule has 8 nitrogen and oxygen atoms in total. The lowest BCUT2D eigenvalue weighted by Crippen LogP contribution is -2.54. The second-order valence-electron chi connectivity index (χ2n) is 6.89. The molecule has 2 N–H and O–H groups in total. The number of hydrogen-bond donors (Lipinski definition) is 2. The Hall–Kier alpha value is -1.78. The second kappa shape index (κ2) is 7.09. The normalized spacial score (nSPS) is 24.9. The van der Waals surface area contributed by atoms with Crippen LogP contribution >= 0.6 is 11.7 Å². The molecule has 0 amide bonds. The quantitative estimate of drug-likeness (QED) is 0.822. The van der Waals surface area contributed by atoms with Gasteiger partial charge in [0, 0.05) is 6.04 Å². The first-order valence-corrected chi connectivity index (χ1v) is 11.0. The summed E-state index contributed by atoms with van der Waals surface area (Å²) in [5.41, 5.74) is 0.966. The van der Waals surface area contributed by atoms with E-state index >= 15 is 0 Å². The molecule has 0 radical (unpaired) electrons. The van der Waals surface area contributed by atoms with Crippen LogP contribution in [0.25, 0.3) is 11.0 Å². The number of nitrogens with one attached hydrogen (secondary N) is 2. The highest BCUT2D eigenvalue weighted by Crippen LogP contribution is 2.28. The highest BCUT2D eigenvalue weighted by Gasteiger charge is 2.29. The van der Waals surface area contributed by atoms with E-state index in [9.17, 15) is 8.42 Å². The van der Waals surface area contributed by atoms with Crippen LogP contribution in [-0.2, 0) is 10.0 Å². The summed E-state index contributed by atoms with van der Waals surface area (Å²) in [5.74, 6) is 0.929. The Balaban J connectivity index is 1.48. The molecular weight excluding hydrogens is 372 g/mol. The van der Waals surface area contributed by atoms with Gasteiger partial charge in [-0.15, -0.1) is 0 Å². The first kappa shape index (κ1) is 17.6. The molecule has 1 aromatic heterocycles. The highest BCUT2D eigenvalue weighted by atomic mass is 32.2. The Labute approximate surface area is 157 Å². The fourth-order valence-corrected chi connectivity index (χ4v) is 5.53. The van der Waals surface area contributed by atoms with Crippen LogP contribution in [0.15, 0.2) is 28.1 Å². The summed E-state index contributed by atoms with van der Waals surface area (Å²) < 4.78 is 36.2. The molecule has 1 aliphatic carbocycles. The maximum atomic E-state index is 12.7. The Kier molecular flexibility index (Phi) is 4.80. The van der Waals surface area contributed by atoms with E-state index in [0.717, 1.165) is 11.7 Å². The first-order chi connectivity index (χ1) is 12.5. The molecule has 0 bridgehead atoms. The third kappa shape index (κ3) is 3.40. The summed E-state index contributed by atoms with van der Waals surface area (Å²) in [5, 5.41) is 3.11. The summed E-state index contributed by atoms with van der Waals surface area (Å²) in [6.45, 7) is 3.38. The van der Waals surface area contributed by atoms with Crippen molar-refractivity contribution < 1.29 is 8.42 Å². The maximum Gasteiger partial charge on any atom is 0.266 e. The first-order valence-electron chi connectivity index (χ1n) is 8.81. The van der Waals surface area contributed by atoms with Gasteiger partial charge in [0.05, 0.1) is 25.1 Å². The lowest BCUT2D eigenvalue weighted by Gasteiger charge is -2.39. The van der Waals surface area contributed by atoms with Crippen molar-refractivity contribution in [3.63, 3.8) is 0 Å². The van der Waals surface area contributed by atoms with E-state index in [2.05, 4.69) is 35.6 Å². The number of guanidine groups is 1. The Morgan fingerprint density at radius 2 is 2.12 bits per heavy atom. The van der Waals surface area contributed by atoms with Crippen molar-refractivity contribution >= 4 is 38.7 Å². The van der Waals surface area contributed by atoms with Crippen LogP contribution in [-0.4, -0.2) is 47.4 Å². The van der Waals surface area contributed by atoms with Crippen molar-refractivity contribution in [2.75, 3.05) is 13.3 Å². The summed E-state index contributed by atoms with van der Waals surface area (Å²) >= 11 is 1.00. The molecule has 2 atom stereocenters. The zero-order valence-electron chi connectivity index (χ0n) is 14.6. The molecule has 0 spiro atoms. The van der Waals surface area contributed by atoms with Crippen LogP contribution in [0.3, 0.4) is 0 Å². The maximum absolute atomic E-state index is 12.7. The minimum absolute atomic E-state index is 0.122. The third-order valence-corrected chi connectivity index (χ3v) is 7.08. The third-order valence-electron chi connectivity index (χ3n) is 5.16. The molecule has 140 valence electrons. The van der Waals surface area contributed by atoms with Crippen molar-refractivity contribution in [2.24, 2.45) is 10.9 Å². The number of hydrogen-bond acceptors (Lipinski definition) is 8. The molecule has 26 heavy (non-hydrogen) atoms. The van der Waals surface area contributed by atoms with Crippen LogP contribution in [0.1, 0.15) is 32.6 Å². The van der Waals surface area contributed by atoms with E-state index in [1.54, 1.807) is 12.1 Å². The zero-order valence-corrected chi connectivity index (χ0v) is 16.2. The number of rotatable bonds is 3. The molecule has 0 saturated heterocycles. The van der Waals surface area contributed by atoms with Gasteiger partial charge in [0.1, 0.15) is 15.9 Å². The van der Waals surface area contributed by atoms with Gasteiger partial charge in [0.25, 0.3) is 10.0 Å². The van der Waals surface area contributed by atoms with Gasteiger partial charge in [-0.05, 0) is 30.9 Å². The summed E-state index contributed by atoms with van der Waals surface area (Å²) in [6.07, 6.45) is 4.97. The average Bonchev–Trinajstić information content (AvgIpc) is 3.11. The molecule has 2 aromatic rings. The number of benzene rings is 1. The molecular formula is C16H22N6O2S2. The number of sulfonamides is 1. The molecule has 2 heterocycles. The standard InChI is InChI=1S/C16H22N6O2S2/c1-11-5-2-3-7-13(11)22-9-17-16(18-10-22)21-26(23,24)14-8-4-6-12-15(14)20-25-19-12/h4,6,8,11,13H,2-3,5,7,9-10H2,1H3,(H2,17,18,21)/t11-,13-/m0/s1. The largest absolute Gasteiger partial charge is 0.343 e. The van der Waals surface area contributed by atoms with E-state index in [1.807, 2.05) is 0 Å². The lowest BCUT2D eigenvalue weighted by molar-refractivity contribution is 0.106. The van der Waals surface area contributed by atoms with Gasteiger partial charge < -0.3 is 5.32 Å². The van der Waals surface area contributed by atoms with Crippen LogP contribution in [0.5, 0.6) is 0 Å². The SMILES string of the molecule is C[C@H]1CCCC[C@@H]1N1CN=C(NS(=O)(=O)c2cccc3nsnc23)NC1. The van der Waals surface area contributed by atoms with Crippen molar-refractivity contribution in [3.05, 3.63) is 18.2 Å². The fraction of sp³-hybridized carbons (Fsp3) is 0.562. The fourth-order valence-electron chi connectivity index (χ4n) is 3.75. The van der Waals surface area contributed by atoms with E-state index in [-0.39, 0.29) is 10.9 Å². The van der Waals surface area contributed by atoms with E-state index in [0.29, 0.717) is 36.3 Å². The predicted molar refractivity (Wildman–Crippen MR) is 101 cm³/mol. The minimum Gasteiger partial charge on any atom is -0.343 e. The number of aliphatic imine (C=N–C) groups is 1. The molecule has 0 unspecified atom stereocenters. The molecule has 1 saturated carbocycles. The predicted octanol–water partition coefficient (Wildman–Crippen LogP) is 1.72. The number of aromatic nitrogens is 2. The highest BCUT2D eigenvalue weighted by molar-refractivity contribution is 7.90. The molecule has 1 aromatic carbocycles. The van der Waals surface area contributed by atoms with E-state index in [4.69, 9.17) is 0 Å². The van der Waals surface area contributed by atoms with Crippen LogP contribution in [0.4, 0.5) is 0 Å². The molecule has 4 rings (SSSR count). The minimum atomic E-state index is -3.77. The van der Waals surface area contributed by atoms with Gasteiger partial charge in [-0.25, -0.2) is 18.1 Å². The smallest absolute Gasteiger partial charge is 0.266 e. The summed E-state index contributed by atoms with van der Waals surface area (Å²) in [7, 11) is -3.77. The van der Waals surface area contributed by atoms with Gasteiger partial charge in [-0.3, -0.25) is 4.90 Å². The Morgan fingerprint density at radius 3 is 2.88 bits per heavy atom. The number of nitrogens with zero attached hydrogens (tertiary/aromatic N) is 4. The van der Waals surface area contributed by atoms with Crippen molar-refractivity contribution in [3.8, 4) is 0 Å². The molecule has 1 fully saturated rings. The Bertz CT molecular complexity index is 926. The average molecular weight is 395 g/mol. The van der Waals surface area contributed by atoms with Gasteiger partial charge in [-0.1, -0.05) is 25.8 Å². The second-order valence-corrected chi connectivity index (χ2v) is 9.07. The van der Waals surface area contributed by atoms with Crippen molar-refractivity contribution in [1.29, 1.82) is 0 Å². The number of fused-ring (bicyclic) bond motifs is 1. The van der Waals surface area contributed by atoms with Crippen LogP contribution in [0.2, 0.25) is 0 Å². The van der Waals surface area contributed by atoms with Gasteiger partial charge >= 0.3 is 0 Å². The molecule has 10 heteroatoms. The van der Waals surface area contributed by atoms with Gasteiger partial charge in [0.2, 0.25) is 5.96 Å². The lowest BCUT2D eigenvalue weighted by atomic mass is 9.85. The monoisotopic (exact) mass is 394 g/mol. The van der Waals surface area contributed by atoms with Crippen molar-refractivity contribution in [1.82, 2.24) is 23.7 Å². The topological polar surface area (TPSA) is 99.6 Å². The van der Waals surface area contributed by atoms with E-state index < -0.39 is 10.0 Å². The van der Waals surface area contributed by atoms with Crippen LogP contribution < -0.4 is 10.0 Å². The Morgan fingerprint density at radius 1 is 1.27 bits per heavy atom. The van der Waals surface area contributed by atoms with Gasteiger partial charge in [0.15, 0.2) is 0 Å². The zero-order chi connectivity index (χ0) is 18.1. The molecule has 2 aliphatic rings. The van der Waals surface area contributed by atoms with Crippen LogP contribution in [0, 0.1) is 5.92 Å².